The number of thiophene rings is 1. The van der Waals surface area contributed by atoms with E-state index >= 15 is 0 Å². The van der Waals surface area contributed by atoms with Gasteiger partial charge in [-0.3, -0.25) is 4.79 Å². The summed E-state index contributed by atoms with van der Waals surface area (Å²) in [6.45, 7) is 10.5. The van der Waals surface area contributed by atoms with E-state index in [9.17, 15) is 14.0 Å². The second-order valence-electron chi connectivity index (χ2n) is 9.49. The number of carbonyl (C=O) groups is 2. The molecule has 1 N–H and O–H groups in total. The summed E-state index contributed by atoms with van der Waals surface area (Å²) in [6.07, 6.45) is 1.51. The van der Waals surface area contributed by atoms with Gasteiger partial charge in [-0.05, 0) is 69.7 Å². The number of carbonyl (C=O) groups excluding carboxylic acids is 2. The molecule has 8 heteroatoms. The molecule has 3 rings (SSSR count). The molecule has 2 heterocycles. The SMILES string of the molecule is CCC(C)N(CC(=O)N1CCc2sccc2C1COc1cccc(F)c1)C(=O)NC(C)(C)C. The molecular formula is C25H34FN3O3S. The van der Waals surface area contributed by atoms with Gasteiger partial charge in [-0.25, -0.2) is 9.18 Å². The van der Waals surface area contributed by atoms with Crippen LogP contribution in [0.3, 0.4) is 0 Å². The molecule has 180 valence electrons. The van der Waals surface area contributed by atoms with Gasteiger partial charge in [-0.1, -0.05) is 13.0 Å². The lowest BCUT2D eigenvalue weighted by molar-refractivity contribution is -0.136. The first-order chi connectivity index (χ1) is 15.6. The van der Waals surface area contributed by atoms with Crippen LogP contribution >= 0.6 is 11.3 Å². The first kappa shape index (κ1) is 25.0. The maximum atomic E-state index is 13.6. The van der Waals surface area contributed by atoms with E-state index in [2.05, 4.69) is 5.32 Å². The Labute approximate surface area is 199 Å². The largest absolute Gasteiger partial charge is 0.491 e. The highest BCUT2D eigenvalue weighted by molar-refractivity contribution is 7.10. The van der Waals surface area contributed by atoms with Crippen LogP contribution in [-0.2, 0) is 11.2 Å². The van der Waals surface area contributed by atoms with Crippen molar-refractivity contribution in [3.05, 3.63) is 52.0 Å². The van der Waals surface area contributed by atoms with Crippen LogP contribution in [0.5, 0.6) is 5.75 Å². The lowest BCUT2D eigenvalue weighted by Crippen LogP contribution is -2.55. The third kappa shape index (κ3) is 6.47. The van der Waals surface area contributed by atoms with E-state index in [1.165, 1.54) is 17.0 Å². The molecule has 0 bridgehead atoms. The maximum absolute atomic E-state index is 13.6. The number of amides is 3. The van der Waals surface area contributed by atoms with Gasteiger partial charge in [0.25, 0.3) is 0 Å². The Balaban J connectivity index is 1.79. The number of urea groups is 1. The van der Waals surface area contributed by atoms with Crippen LogP contribution in [-0.4, -0.2) is 53.0 Å². The molecule has 1 aliphatic heterocycles. The molecule has 1 aromatic heterocycles. The summed E-state index contributed by atoms with van der Waals surface area (Å²) in [5.74, 6) is -0.0612. The third-order valence-electron chi connectivity index (χ3n) is 5.79. The Morgan fingerprint density at radius 2 is 2.09 bits per heavy atom. The molecule has 1 aromatic carbocycles. The minimum absolute atomic E-state index is 0.00709. The van der Waals surface area contributed by atoms with E-state index in [1.807, 2.05) is 46.1 Å². The molecule has 0 spiro atoms. The van der Waals surface area contributed by atoms with E-state index in [1.54, 1.807) is 33.3 Å². The highest BCUT2D eigenvalue weighted by atomic mass is 32.1. The molecule has 0 saturated heterocycles. The van der Waals surface area contributed by atoms with Crippen LogP contribution in [0.2, 0.25) is 0 Å². The normalized spacial score (nSPS) is 16.7. The van der Waals surface area contributed by atoms with E-state index in [-0.39, 0.29) is 43.0 Å². The molecule has 1 aliphatic rings. The topological polar surface area (TPSA) is 61.9 Å². The van der Waals surface area contributed by atoms with Crippen molar-refractivity contribution in [1.29, 1.82) is 0 Å². The van der Waals surface area contributed by atoms with Gasteiger partial charge in [0.2, 0.25) is 5.91 Å². The Morgan fingerprint density at radius 1 is 1.33 bits per heavy atom. The van der Waals surface area contributed by atoms with Crippen molar-refractivity contribution in [3.8, 4) is 5.75 Å². The summed E-state index contributed by atoms with van der Waals surface area (Å²) >= 11 is 1.67. The number of halogens is 1. The van der Waals surface area contributed by atoms with Crippen LogP contribution in [0, 0.1) is 5.82 Å². The predicted octanol–water partition coefficient (Wildman–Crippen LogP) is 5.00. The smallest absolute Gasteiger partial charge is 0.318 e. The van der Waals surface area contributed by atoms with Gasteiger partial charge in [0.05, 0.1) is 6.04 Å². The second-order valence-corrected chi connectivity index (χ2v) is 10.5. The van der Waals surface area contributed by atoms with Gasteiger partial charge in [-0.2, -0.15) is 0 Å². The summed E-state index contributed by atoms with van der Waals surface area (Å²) in [7, 11) is 0. The number of hydrogen-bond donors (Lipinski definition) is 1. The lowest BCUT2D eigenvalue weighted by Gasteiger charge is -2.38. The van der Waals surface area contributed by atoms with Crippen LogP contribution < -0.4 is 10.1 Å². The lowest BCUT2D eigenvalue weighted by atomic mass is 10.00. The summed E-state index contributed by atoms with van der Waals surface area (Å²) in [5.41, 5.74) is 0.661. The Kier molecular flexibility index (Phi) is 8.00. The Bertz CT molecular complexity index is 972. The van der Waals surface area contributed by atoms with Crippen molar-refractivity contribution in [1.82, 2.24) is 15.1 Å². The van der Waals surface area contributed by atoms with Gasteiger partial charge in [0.1, 0.15) is 24.7 Å². The second kappa shape index (κ2) is 10.5. The Hall–Kier alpha value is -2.61. The van der Waals surface area contributed by atoms with Gasteiger partial charge >= 0.3 is 6.03 Å². The number of rotatable bonds is 7. The average molecular weight is 476 g/mol. The molecule has 0 fully saturated rings. The highest BCUT2D eigenvalue weighted by Gasteiger charge is 2.34. The average Bonchev–Trinajstić information content (AvgIpc) is 3.23. The van der Waals surface area contributed by atoms with E-state index in [0.29, 0.717) is 12.3 Å². The van der Waals surface area contributed by atoms with Crippen LogP contribution in [0.15, 0.2) is 35.7 Å². The van der Waals surface area contributed by atoms with Crippen molar-refractivity contribution in [2.75, 3.05) is 19.7 Å². The van der Waals surface area contributed by atoms with E-state index < -0.39 is 5.54 Å². The number of benzene rings is 1. The summed E-state index contributed by atoms with van der Waals surface area (Å²) < 4.78 is 19.5. The molecule has 0 saturated carbocycles. The monoisotopic (exact) mass is 475 g/mol. The molecule has 2 atom stereocenters. The zero-order valence-corrected chi connectivity index (χ0v) is 20.9. The van der Waals surface area contributed by atoms with Gasteiger partial charge in [-0.15, -0.1) is 11.3 Å². The number of fused-ring (bicyclic) bond motifs is 1. The first-order valence-electron chi connectivity index (χ1n) is 11.4. The molecule has 0 aliphatic carbocycles. The van der Waals surface area contributed by atoms with Gasteiger partial charge in [0.15, 0.2) is 0 Å². The van der Waals surface area contributed by atoms with Crippen molar-refractivity contribution in [3.63, 3.8) is 0 Å². The molecule has 6 nitrogen and oxygen atoms in total. The zero-order chi connectivity index (χ0) is 24.2. The number of ether oxygens (including phenoxy) is 1. The molecule has 3 amide bonds. The Morgan fingerprint density at radius 3 is 2.76 bits per heavy atom. The van der Waals surface area contributed by atoms with Gasteiger partial charge < -0.3 is 19.9 Å². The summed E-state index contributed by atoms with van der Waals surface area (Å²) in [6, 6.07) is 7.41. The molecule has 33 heavy (non-hydrogen) atoms. The highest BCUT2D eigenvalue weighted by Crippen LogP contribution is 2.34. The van der Waals surface area contributed by atoms with Crippen LogP contribution in [0.4, 0.5) is 9.18 Å². The fourth-order valence-corrected chi connectivity index (χ4v) is 4.81. The van der Waals surface area contributed by atoms with Crippen molar-refractivity contribution >= 4 is 23.3 Å². The first-order valence-corrected chi connectivity index (χ1v) is 12.3. The third-order valence-corrected chi connectivity index (χ3v) is 6.79. The van der Waals surface area contributed by atoms with Crippen LogP contribution in [0.25, 0.3) is 0 Å². The van der Waals surface area contributed by atoms with Gasteiger partial charge in [0, 0.05) is 29.1 Å². The standard InChI is InChI=1S/C25H34FN3O3S/c1-6-17(2)29(24(31)27-25(3,4)5)15-23(30)28-12-10-22-20(11-13-33-22)21(28)16-32-19-9-7-8-18(26)14-19/h7-9,11,13-14,17,21H,6,10,12,15-16H2,1-5H3,(H,27,31). The quantitative estimate of drug-likeness (QED) is 0.613. The molecule has 2 unspecified atom stereocenters. The summed E-state index contributed by atoms with van der Waals surface area (Å²) in [4.78, 5) is 31.1. The molecule has 0 radical (unpaired) electrons. The fraction of sp³-hybridized carbons (Fsp3) is 0.520. The van der Waals surface area contributed by atoms with Crippen molar-refractivity contribution in [2.24, 2.45) is 0 Å². The minimum atomic E-state index is -0.399. The van der Waals surface area contributed by atoms with E-state index in [0.717, 1.165) is 18.4 Å². The van der Waals surface area contributed by atoms with Crippen molar-refractivity contribution < 1.29 is 18.7 Å². The van der Waals surface area contributed by atoms with Crippen molar-refractivity contribution in [2.45, 2.75) is 65.1 Å². The predicted molar refractivity (Wildman–Crippen MR) is 129 cm³/mol. The molecule has 2 aromatic rings. The fourth-order valence-electron chi connectivity index (χ4n) is 3.88. The van der Waals surface area contributed by atoms with Crippen LogP contribution in [0.1, 0.15) is 57.5 Å². The summed E-state index contributed by atoms with van der Waals surface area (Å²) in [5, 5.41) is 5.00. The number of nitrogens with one attached hydrogen (secondary N) is 1. The number of hydrogen-bond acceptors (Lipinski definition) is 4. The van der Waals surface area contributed by atoms with E-state index in [4.69, 9.17) is 4.74 Å². The molecular weight excluding hydrogens is 441 g/mol. The minimum Gasteiger partial charge on any atom is -0.491 e. The maximum Gasteiger partial charge on any atom is 0.318 e. The number of nitrogens with zero attached hydrogens (tertiary/aromatic N) is 2. The zero-order valence-electron chi connectivity index (χ0n) is 20.1.